The average molecular weight is 430 g/mol. The summed E-state index contributed by atoms with van der Waals surface area (Å²) in [4.78, 5) is 0.205. The van der Waals surface area contributed by atoms with Crippen molar-refractivity contribution in [3.8, 4) is 5.75 Å². The van der Waals surface area contributed by atoms with Gasteiger partial charge in [0.25, 0.3) is 0 Å². The van der Waals surface area contributed by atoms with Gasteiger partial charge >= 0.3 is 0 Å². The molecule has 0 spiro atoms. The highest BCUT2D eigenvalue weighted by molar-refractivity contribution is 9.10. The van der Waals surface area contributed by atoms with E-state index in [4.69, 9.17) is 9.47 Å². The number of benzene rings is 2. The fourth-order valence-corrected chi connectivity index (χ4v) is 4.18. The minimum absolute atomic E-state index is 0.0642. The van der Waals surface area contributed by atoms with E-state index in [9.17, 15) is 12.8 Å². The molecule has 0 N–H and O–H groups in total. The summed E-state index contributed by atoms with van der Waals surface area (Å²) < 4.78 is 51.6. The first-order valence-corrected chi connectivity index (χ1v) is 9.95. The zero-order chi connectivity index (χ0) is 17.9. The summed E-state index contributed by atoms with van der Waals surface area (Å²) in [6.07, 6.45) is 0. The van der Waals surface area contributed by atoms with Crippen LogP contribution in [0.3, 0.4) is 0 Å². The first-order valence-electron chi connectivity index (χ1n) is 7.71. The number of halogens is 2. The smallest absolute Gasteiger partial charge is 0.243 e. The van der Waals surface area contributed by atoms with E-state index in [2.05, 4.69) is 15.9 Å². The third kappa shape index (κ3) is 4.38. The number of morpholine rings is 1. The van der Waals surface area contributed by atoms with Crippen LogP contribution in [0, 0.1) is 5.82 Å². The maximum absolute atomic E-state index is 13.8. The van der Waals surface area contributed by atoms with Gasteiger partial charge in [0.1, 0.15) is 18.2 Å². The van der Waals surface area contributed by atoms with Crippen LogP contribution in [-0.2, 0) is 21.4 Å². The van der Waals surface area contributed by atoms with Crippen LogP contribution < -0.4 is 4.74 Å². The van der Waals surface area contributed by atoms with E-state index in [0.29, 0.717) is 42.1 Å². The van der Waals surface area contributed by atoms with E-state index >= 15 is 0 Å². The molecule has 0 saturated carbocycles. The summed E-state index contributed by atoms with van der Waals surface area (Å²) in [6, 6.07) is 10.9. The van der Waals surface area contributed by atoms with Crippen LogP contribution in [0.5, 0.6) is 5.75 Å². The molecule has 0 atom stereocenters. The number of hydrogen-bond acceptors (Lipinski definition) is 4. The predicted molar refractivity (Wildman–Crippen MR) is 94.5 cm³/mol. The van der Waals surface area contributed by atoms with E-state index in [-0.39, 0.29) is 17.3 Å². The molecular formula is C17H17BrFNO4S. The number of nitrogens with zero attached hydrogens (tertiary/aromatic N) is 1. The van der Waals surface area contributed by atoms with Crippen molar-refractivity contribution in [1.82, 2.24) is 4.31 Å². The zero-order valence-electron chi connectivity index (χ0n) is 13.3. The fourth-order valence-electron chi connectivity index (χ4n) is 2.44. The Labute approximate surface area is 154 Å². The highest BCUT2D eigenvalue weighted by atomic mass is 79.9. The summed E-state index contributed by atoms with van der Waals surface area (Å²) in [7, 11) is -3.52. The molecule has 1 fully saturated rings. The SMILES string of the molecule is O=S(=O)(c1ccc(OCc2ccc(Br)cc2F)cc1)N1CCOCC1. The second-order valence-corrected chi connectivity index (χ2v) is 8.37. The molecule has 0 aliphatic carbocycles. The summed E-state index contributed by atoms with van der Waals surface area (Å²) in [6.45, 7) is 1.57. The standard InChI is InChI=1S/C17H17BrFNO4S/c18-14-2-1-13(17(19)11-14)12-24-15-3-5-16(6-4-15)25(21,22)20-7-9-23-10-8-20/h1-6,11H,7-10,12H2. The first kappa shape index (κ1) is 18.3. The maximum Gasteiger partial charge on any atom is 0.243 e. The summed E-state index contributed by atoms with van der Waals surface area (Å²) in [5, 5.41) is 0. The van der Waals surface area contributed by atoms with E-state index < -0.39 is 10.0 Å². The minimum atomic E-state index is -3.52. The van der Waals surface area contributed by atoms with Crippen molar-refractivity contribution in [2.24, 2.45) is 0 Å². The van der Waals surface area contributed by atoms with Crippen LogP contribution in [0.2, 0.25) is 0 Å². The van der Waals surface area contributed by atoms with Gasteiger partial charge < -0.3 is 9.47 Å². The largest absolute Gasteiger partial charge is 0.489 e. The Kier molecular flexibility index (Phi) is 5.73. The van der Waals surface area contributed by atoms with Gasteiger partial charge in [-0.2, -0.15) is 4.31 Å². The lowest BCUT2D eigenvalue weighted by Crippen LogP contribution is -2.40. The Bertz CT molecular complexity index is 836. The Morgan fingerprint density at radius 3 is 2.44 bits per heavy atom. The Morgan fingerprint density at radius 1 is 1.12 bits per heavy atom. The maximum atomic E-state index is 13.8. The molecule has 1 saturated heterocycles. The van der Waals surface area contributed by atoms with Crippen molar-refractivity contribution in [2.45, 2.75) is 11.5 Å². The highest BCUT2D eigenvalue weighted by Gasteiger charge is 2.26. The monoisotopic (exact) mass is 429 g/mol. The van der Waals surface area contributed by atoms with Crippen LogP contribution in [0.4, 0.5) is 4.39 Å². The van der Waals surface area contributed by atoms with Crippen molar-refractivity contribution in [3.05, 3.63) is 58.3 Å². The van der Waals surface area contributed by atoms with Gasteiger partial charge in [0, 0.05) is 23.1 Å². The van der Waals surface area contributed by atoms with Gasteiger partial charge in [0.05, 0.1) is 18.1 Å². The fraction of sp³-hybridized carbons (Fsp3) is 0.294. The van der Waals surface area contributed by atoms with Gasteiger partial charge in [-0.15, -0.1) is 0 Å². The van der Waals surface area contributed by atoms with Crippen LogP contribution >= 0.6 is 15.9 Å². The minimum Gasteiger partial charge on any atom is -0.489 e. The van der Waals surface area contributed by atoms with Gasteiger partial charge in [-0.3, -0.25) is 0 Å². The van der Waals surface area contributed by atoms with Crippen molar-refractivity contribution >= 4 is 26.0 Å². The molecule has 25 heavy (non-hydrogen) atoms. The molecule has 1 aliphatic heterocycles. The van der Waals surface area contributed by atoms with Crippen LogP contribution in [0.25, 0.3) is 0 Å². The molecule has 134 valence electrons. The molecule has 2 aromatic carbocycles. The second kappa shape index (κ2) is 7.82. The van der Waals surface area contributed by atoms with E-state index in [0.717, 1.165) is 0 Å². The molecule has 5 nitrogen and oxygen atoms in total. The lowest BCUT2D eigenvalue weighted by Gasteiger charge is -2.26. The molecular weight excluding hydrogens is 413 g/mol. The number of rotatable bonds is 5. The van der Waals surface area contributed by atoms with Crippen molar-refractivity contribution in [1.29, 1.82) is 0 Å². The van der Waals surface area contributed by atoms with Gasteiger partial charge in [-0.05, 0) is 36.4 Å². The molecule has 0 amide bonds. The van der Waals surface area contributed by atoms with Gasteiger partial charge in [-0.25, -0.2) is 12.8 Å². The van der Waals surface area contributed by atoms with Crippen molar-refractivity contribution in [3.63, 3.8) is 0 Å². The number of sulfonamides is 1. The van der Waals surface area contributed by atoms with Crippen LogP contribution in [0.1, 0.15) is 5.56 Å². The average Bonchev–Trinajstić information content (AvgIpc) is 2.62. The lowest BCUT2D eigenvalue weighted by molar-refractivity contribution is 0.0730. The summed E-state index contributed by atoms with van der Waals surface area (Å²) in [5.41, 5.74) is 0.424. The summed E-state index contributed by atoms with van der Waals surface area (Å²) >= 11 is 3.20. The topological polar surface area (TPSA) is 55.8 Å². The van der Waals surface area contributed by atoms with E-state index in [1.165, 1.54) is 22.5 Å². The zero-order valence-corrected chi connectivity index (χ0v) is 15.7. The van der Waals surface area contributed by atoms with Gasteiger partial charge in [0.15, 0.2) is 0 Å². The van der Waals surface area contributed by atoms with E-state index in [1.54, 1.807) is 24.3 Å². The van der Waals surface area contributed by atoms with E-state index in [1.807, 2.05) is 0 Å². The third-order valence-electron chi connectivity index (χ3n) is 3.84. The quantitative estimate of drug-likeness (QED) is 0.732. The molecule has 0 radical (unpaired) electrons. The third-order valence-corrected chi connectivity index (χ3v) is 6.25. The van der Waals surface area contributed by atoms with Crippen molar-refractivity contribution < 1.29 is 22.3 Å². The first-order chi connectivity index (χ1) is 12.0. The Balaban J connectivity index is 1.67. The molecule has 2 aromatic rings. The molecule has 3 rings (SSSR count). The van der Waals surface area contributed by atoms with Gasteiger partial charge in [-0.1, -0.05) is 22.0 Å². The highest BCUT2D eigenvalue weighted by Crippen LogP contribution is 2.22. The summed E-state index contributed by atoms with van der Waals surface area (Å²) in [5.74, 6) is 0.115. The Morgan fingerprint density at radius 2 is 1.80 bits per heavy atom. The van der Waals surface area contributed by atoms with Crippen LogP contribution in [0.15, 0.2) is 51.8 Å². The molecule has 8 heteroatoms. The Hall–Kier alpha value is -1.48. The number of hydrogen-bond donors (Lipinski definition) is 0. The van der Waals surface area contributed by atoms with Crippen molar-refractivity contribution in [2.75, 3.05) is 26.3 Å². The number of ether oxygens (including phenoxy) is 2. The molecule has 0 bridgehead atoms. The molecule has 0 aromatic heterocycles. The molecule has 1 aliphatic rings. The predicted octanol–water partition coefficient (Wildman–Crippen LogP) is 3.19. The van der Waals surface area contributed by atoms with Gasteiger partial charge in [0.2, 0.25) is 10.0 Å². The molecule has 1 heterocycles. The second-order valence-electron chi connectivity index (χ2n) is 5.51. The lowest BCUT2D eigenvalue weighted by atomic mass is 10.2. The normalized spacial score (nSPS) is 15.9. The molecule has 0 unspecified atom stereocenters. The van der Waals surface area contributed by atoms with Crippen LogP contribution in [-0.4, -0.2) is 39.0 Å².